The molecule has 0 unspecified atom stereocenters. The molecule has 0 radical (unpaired) electrons. The second-order valence-corrected chi connectivity index (χ2v) is 7.88. The van der Waals surface area contributed by atoms with E-state index in [1.807, 2.05) is 12.1 Å². The topological polar surface area (TPSA) is 59.4 Å². The monoisotopic (exact) mass is 356 g/mol. The van der Waals surface area contributed by atoms with E-state index in [1.54, 1.807) is 67.7 Å². The Balaban J connectivity index is 2.01. The van der Waals surface area contributed by atoms with Crippen LogP contribution in [0.3, 0.4) is 0 Å². The molecule has 25 heavy (non-hydrogen) atoms. The molecule has 1 aromatic heterocycles. The van der Waals surface area contributed by atoms with Crippen molar-refractivity contribution in [2.24, 2.45) is 0 Å². The van der Waals surface area contributed by atoms with Gasteiger partial charge in [0, 0.05) is 32.1 Å². The highest BCUT2D eigenvalue weighted by Crippen LogP contribution is 2.25. The molecule has 0 aliphatic heterocycles. The molecule has 0 saturated heterocycles. The van der Waals surface area contributed by atoms with Crippen LogP contribution in [0.5, 0.6) is 0 Å². The van der Waals surface area contributed by atoms with Crippen molar-refractivity contribution in [2.75, 3.05) is 14.1 Å². The lowest BCUT2D eigenvalue weighted by molar-refractivity contribution is -0.128. The maximum absolute atomic E-state index is 12.9. The lowest BCUT2D eigenvalue weighted by atomic mass is 10.1. The summed E-state index contributed by atoms with van der Waals surface area (Å²) in [6.07, 6.45) is 2.54. The van der Waals surface area contributed by atoms with Crippen LogP contribution in [0.25, 0.3) is 10.9 Å². The fraction of sp³-hybridized carbons (Fsp3) is 0.211. The fourth-order valence-corrected chi connectivity index (χ4v) is 4.17. The normalized spacial score (nSPS) is 11.6. The molecule has 0 spiro atoms. The van der Waals surface area contributed by atoms with Gasteiger partial charge in [-0.15, -0.1) is 0 Å². The lowest BCUT2D eigenvalue weighted by Crippen LogP contribution is -2.21. The molecule has 130 valence electrons. The van der Waals surface area contributed by atoms with Gasteiger partial charge in [0.05, 0.1) is 10.4 Å². The van der Waals surface area contributed by atoms with Gasteiger partial charge in [0.25, 0.3) is 10.0 Å². The first-order valence-corrected chi connectivity index (χ1v) is 9.45. The van der Waals surface area contributed by atoms with Crippen LogP contribution in [-0.2, 0) is 21.2 Å². The van der Waals surface area contributed by atoms with Crippen molar-refractivity contribution in [3.05, 3.63) is 66.4 Å². The Labute approximate surface area is 147 Å². The van der Waals surface area contributed by atoms with Crippen LogP contribution in [0, 0.1) is 0 Å². The number of nitrogens with zero attached hydrogens (tertiary/aromatic N) is 2. The standard InChI is InChI=1S/C19H20N2O3S/c1-20(2)19(22)12-11-15-7-6-10-18-17(15)13-14-21(18)25(23,24)16-8-4-3-5-9-16/h3-10,13-14H,11-12H2,1-2H3. The molecule has 0 saturated carbocycles. The average molecular weight is 356 g/mol. The van der Waals surface area contributed by atoms with Crippen LogP contribution < -0.4 is 0 Å². The molecule has 0 fully saturated rings. The number of aryl methyl sites for hydroxylation is 1. The van der Waals surface area contributed by atoms with Crippen LogP contribution in [0.4, 0.5) is 0 Å². The second-order valence-electron chi connectivity index (χ2n) is 6.07. The summed E-state index contributed by atoms with van der Waals surface area (Å²) in [5.41, 5.74) is 1.59. The third-order valence-electron chi connectivity index (χ3n) is 4.19. The Kier molecular flexibility index (Phi) is 4.63. The summed E-state index contributed by atoms with van der Waals surface area (Å²) in [4.78, 5) is 13.6. The molecule has 0 aliphatic rings. The minimum absolute atomic E-state index is 0.0494. The summed E-state index contributed by atoms with van der Waals surface area (Å²) >= 11 is 0. The highest BCUT2D eigenvalue weighted by atomic mass is 32.2. The molecule has 0 N–H and O–H groups in total. The molecule has 5 nitrogen and oxygen atoms in total. The van der Waals surface area contributed by atoms with E-state index in [1.165, 1.54) is 3.97 Å². The van der Waals surface area contributed by atoms with Crippen molar-refractivity contribution in [2.45, 2.75) is 17.7 Å². The van der Waals surface area contributed by atoms with Gasteiger partial charge in [0.1, 0.15) is 0 Å². The number of carbonyl (C=O) groups is 1. The maximum Gasteiger partial charge on any atom is 0.268 e. The Morgan fingerprint density at radius 2 is 1.72 bits per heavy atom. The van der Waals surface area contributed by atoms with Crippen molar-refractivity contribution in [3.63, 3.8) is 0 Å². The summed E-state index contributed by atoms with van der Waals surface area (Å²) in [5.74, 6) is 0.0494. The van der Waals surface area contributed by atoms with Crippen molar-refractivity contribution in [1.82, 2.24) is 8.87 Å². The molecular formula is C19H20N2O3S. The van der Waals surface area contributed by atoms with E-state index in [2.05, 4.69) is 0 Å². The number of hydrogen-bond donors (Lipinski definition) is 0. The zero-order valence-corrected chi connectivity index (χ0v) is 15.0. The van der Waals surface area contributed by atoms with Crippen molar-refractivity contribution in [3.8, 4) is 0 Å². The summed E-state index contributed by atoms with van der Waals surface area (Å²) < 4.78 is 27.1. The van der Waals surface area contributed by atoms with Crippen LogP contribution in [-0.4, -0.2) is 37.3 Å². The zero-order valence-electron chi connectivity index (χ0n) is 14.2. The van der Waals surface area contributed by atoms with E-state index in [4.69, 9.17) is 0 Å². The molecule has 1 amide bonds. The van der Waals surface area contributed by atoms with E-state index < -0.39 is 10.0 Å². The smallest absolute Gasteiger partial charge is 0.268 e. The molecule has 6 heteroatoms. The summed E-state index contributed by atoms with van der Waals surface area (Å²) in [6, 6.07) is 15.7. The largest absolute Gasteiger partial charge is 0.349 e. The second kappa shape index (κ2) is 6.72. The molecule has 2 aromatic carbocycles. The van der Waals surface area contributed by atoms with Gasteiger partial charge in [0.2, 0.25) is 5.91 Å². The Hall–Kier alpha value is -2.60. The first kappa shape index (κ1) is 17.2. The molecule has 0 bridgehead atoms. The Bertz CT molecular complexity index is 1010. The number of amides is 1. The van der Waals surface area contributed by atoms with E-state index >= 15 is 0 Å². The van der Waals surface area contributed by atoms with Gasteiger partial charge in [-0.25, -0.2) is 12.4 Å². The molecule has 3 rings (SSSR count). The van der Waals surface area contributed by atoms with Gasteiger partial charge < -0.3 is 4.90 Å². The number of fused-ring (bicyclic) bond motifs is 1. The number of aromatic nitrogens is 1. The number of hydrogen-bond acceptors (Lipinski definition) is 3. The van der Waals surface area contributed by atoms with E-state index in [0.29, 0.717) is 18.4 Å². The van der Waals surface area contributed by atoms with Gasteiger partial charge in [-0.05, 0) is 36.2 Å². The summed E-state index contributed by atoms with van der Waals surface area (Å²) in [5, 5.41) is 0.855. The predicted molar refractivity (Wildman–Crippen MR) is 98.0 cm³/mol. The van der Waals surface area contributed by atoms with Crippen LogP contribution >= 0.6 is 0 Å². The minimum Gasteiger partial charge on any atom is -0.349 e. The predicted octanol–water partition coefficient (Wildman–Crippen LogP) is 2.90. The van der Waals surface area contributed by atoms with Crippen molar-refractivity contribution >= 4 is 26.8 Å². The summed E-state index contributed by atoms with van der Waals surface area (Å²) in [6.45, 7) is 0. The maximum atomic E-state index is 12.9. The quantitative estimate of drug-likeness (QED) is 0.706. The number of carbonyl (C=O) groups excluding carboxylic acids is 1. The SMILES string of the molecule is CN(C)C(=O)CCc1cccc2c1ccn2S(=O)(=O)c1ccccc1. The fourth-order valence-electron chi connectivity index (χ4n) is 2.81. The van der Waals surface area contributed by atoms with Gasteiger partial charge in [-0.3, -0.25) is 4.79 Å². The van der Waals surface area contributed by atoms with E-state index in [-0.39, 0.29) is 10.8 Å². The third kappa shape index (κ3) is 3.30. The lowest BCUT2D eigenvalue weighted by Gasteiger charge is -2.11. The number of rotatable bonds is 5. The zero-order chi connectivity index (χ0) is 18.0. The van der Waals surface area contributed by atoms with Gasteiger partial charge in [0.15, 0.2) is 0 Å². The minimum atomic E-state index is -3.64. The first-order chi connectivity index (χ1) is 11.9. The van der Waals surface area contributed by atoms with Gasteiger partial charge >= 0.3 is 0 Å². The highest BCUT2D eigenvalue weighted by Gasteiger charge is 2.19. The molecule has 0 aliphatic carbocycles. The molecular weight excluding hydrogens is 336 g/mol. The molecule has 0 atom stereocenters. The van der Waals surface area contributed by atoms with E-state index in [9.17, 15) is 13.2 Å². The van der Waals surface area contributed by atoms with Gasteiger partial charge in [-0.1, -0.05) is 30.3 Å². The van der Waals surface area contributed by atoms with Crippen LogP contribution in [0.1, 0.15) is 12.0 Å². The first-order valence-electron chi connectivity index (χ1n) is 8.01. The highest BCUT2D eigenvalue weighted by molar-refractivity contribution is 7.90. The molecule has 1 heterocycles. The molecule has 3 aromatic rings. The third-order valence-corrected chi connectivity index (χ3v) is 5.90. The number of benzene rings is 2. The average Bonchev–Trinajstić information content (AvgIpc) is 3.05. The Morgan fingerprint density at radius 1 is 1.00 bits per heavy atom. The van der Waals surface area contributed by atoms with Crippen LogP contribution in [0.2, 0.25) is 0 Å². The van der Waals surface area contributed by atoms with E-state index in [0.717, 1.165) is 10.9 Å². The Morgan fingerprint density at radius 3 is 2.40 bits per heavy atom. The van der Waals surface area contributed by atoms with Gasteiger partial charge in [-0.2, -0.15) is 0 Å². The van der Waals surface area contributed by atoms with Crippen LogP contribution in [0.15, 0.2) is 65.7 Å². The van der Waals surface area contributed by atoms with Crippen molar-refractivity contribution < 1.29 is 13.2 Å². The van der Waals surface area contributed by atoms with Crippen molar-refractivity contribution in [1.29, 1.82) is 0 Å². The summed E-state index contributed by atoms with van der Waals surface area (Å²) in [7, 11) is -0.186.